The van der Waals surface area contributed by atoms with Gasteiger partial charge in [-0.1, -0.05) is 6.08 Å². The van der Waals surface area contributed by atoms with E-state index in [2.05, 4.69) is 12.3 Å². The van der Waals surface area contributed by atoms with Crippen LogP contribution < -0.4 is 5.73 Å². The third-order valence-electron chi connectivity index (χ3n) is 0.632. The molecule has 2 N–H and O–H groups in total. The maximum atomic E-state index is 11.3. The predicted octanol–water partition coefficient (Wildman–Crippen LogP) is 1.06. The Morgan fingerprint density at radius 2 is 1.88 bits per heavy atom. The lowest BCUT2D eigenvalue weighted by Crippen LogP contribution is -2.34. The Morgan fingerprint density at radius 3 is 1.88 bits per heavy atom. The van der Waals surface area contributed by atoms with E-state index in [1.54, 1.807) is 0 Å². The summed E-state index contributed by atoms with van der Waals surface area (Å²) in [5.41, 5.74) is 4.51. The highest BCUT2D eigenvalue weighted by atomic mass is 19.4. The van der Waals surface area contributed by atoms with Crippen molar-refractivity contribution >= 4 is 0 Å². The molecule has 1 atom stereocenters. The van der Waals surface area contributed by atoms with Gasteiger partial charge in [0.05, 0.1) is 0 Å². The number of hydrogen-bond acceptors (Lipinski definition) is 1. The quantitative estimate of drug-likeness (QED) is 0.521. The molecule has 0 fully saturated rings. The third kappa shape index (κ3) is 1.97. The molecule has 0 aromatic heterocycles. The molecule has 0 saturated carbocycles. The second kappa shape index (κ2) is 2.17. The second-order valence-electron chi connectivity index (χ2n) is 1.30. The monoisotopic (exact) mass is 125 g/mol. The summed E-state index contributed by atoms with van der Waals surface area (Å²) in [6, 6.07) is -1.89. The van der Waals surface area contributed by atoms with E-state index < -0.39 is 12.2 Å². The average molecular weight is 125 g/mol. The zero-order valence-corrected chi connectivity index (χ0v) is 4.07. The van der Waals surface area contributed by atoms with Gasteiger partial charge >= 0.3 is 6.18 Å². The number of hydrogen-bond donors (Lipinski definition) is 1. The van der Waals surface area contributed by atoms with E-state index in [1.165, 1.54) is 0 Å². The van der Waals surface area contributed by atoms with Crippen molar-refractivity contribution in [1.82, 2.24) is 0 Å². The van der Waals surface area contributed by atoms with Crippen LogP contribution in [0.5, 0.6) is 0 Å². The SMILES string of the molecule is C=C[C@H](N)C(F)(F)F. The molecule has 0 unspecified atom stereocenters. The first-order valence-electron chi connectivity index (χ1n) is 1.93. The second-order valence-corrected chi connectivity index (χ2v) is 1.30. The van der Waals surface area contributed by atoms with Gasteiger partial charge < -0.3 is 5.73 Å². The molecule has 0 bridgehead atoms. The van der Waals surface area contributed by atoms with Crippen LogP contribution in [0.3, 0.4) is 0 Å². The van der Waals surface area contributed by atoms with Gasteiger partial charge in [0.15, 0.2) is 0 Å². The van der Waals surface area contributed by atoms with Gasteiger partial charge in [-0.05, 0) is 0 Å². The molecular formula is C4H6F3N. The largest absolute Gasteiger partial charge is 0.407 e. The van der Waals surface area contributed by atoms with Crippen molar-refractivity contribution in [1.29, 1.82) is 0 Å². The molecule has 0 saturated heterocycles. The first kappa shape index (κ1) is 7.49. The zero-order chi connectivity index (χ0) is 6.78. The fourth-order valence-corrected chi connectivity index (χ4v) is 0.134. The summed E-state index contributed by atoms with van der Waals surface area (Å²) in [7, 11) is 0. The van der Waals surface area contributed by atoms with Gasteiger partial charge in [-0.2, -0.15) is 13.2 Å². The predicted molar refractivity (Wildman–Crippen MR) is 24.2 cm³/mol. The molecule has 0 aromatic rings. The smallest absolute Gasteiger partial charge is 0.317 e. The van der Waals surface area contributed by atoms with Gasteiger partial charge in [-0.3, -0.25) is 0 Å². The number of alkyl halides is 3. The van der Waals surface area contributed by atoms with E-state index in [0.29, 0.717) is 6.08 Å². The Hall–Kier alpha value is -0.510. The van der Waals surface area contributed by atoms with Crippen LogP contribution in [0.2, 0.25) is 0 Å². The van der Waals surface area contributed by atoms with Crippen LogP contribution >= 0.6 is 0 Å². The number of halogens is 3. The Labute approximate surface area is 45.0 Å². The molecule has 0 aliphatic heterocycles. The summed E-state index contributed by atoms with van der Waals surface area (Å²) >= 11 is 0. The fraction of sp³-hybridized carbons (Fsp3) is 0.500. The molecule has 0 rings (SSSR count). The van der Waals surface area contributed by atoms with E-state index in [1.807, 2.05) is 0 Å². The summed E-state index contributed by atoms with van der Waals surface area (Å²) in [6.45, 7) is 2.88. The van der Waals surface area contributed by atoms with E-state index in [9.17, 15) is 13.2 Å². The minimum absolute atomic E-state index is 0.653. The van der Waals surface area contributed by atoms with Crippen LogP contribution in [-0.4, -0.2) is 12.2 Å². The van der Waals surface area contributed by atoms with Gasteiger partial charge in [0.25, 0.3) is 0 Å². The lowest BCUT2D eigenvalue weighted by Gasteiger charge is -2.09. The van der Waals surface area contributed by atoms with Crippen LogP contribution in [0.15, 0.2) is 12.7 Å². The van der Waals surface area contributed by atoms with Crippen LogP contribution in [-0.2, 0) is 0 Å². The topological polar surface area (TPSA) is 26.0 Å². The van der Waals surface area contributed by atoms with Crippen molar-refractivity contribution in [2.24, 2.45) is 5.73 Å². The van der Waals surface area contributed by atoms with Crippen molar-refractivity contribution in [3.8, 4) is 0 Å². The van der Waals surface area contributed by atoms with Crippen LogP contribution in [0.25, 0.3) is 0 Å². The highest BCUT2D eigenvalue weighted by molar-refractivity contribution is 4.87. The summed E-state index contributed by atoms with van der Waals surface area (Å²) in [5, 5.41) is 0. The molecular weight excluding hydrogens is 119 g/mol. The molecule has 0 amide bonds. The Balaban J connectivity index is 3.80. The minimum Gasteiger partial charge on any atom is -0.317 e. The number of rotatable bonds is 1. The van der Waals surface area contributed by atoms with Crippen LogP contribution in [0, 0.1) is 0 Å². The maximum absolute atomic E-state index is 11.3. The zero-order valence-electron chi connectivity index (χ0n) is 4.07. The molecule has 8 heavy (non-hydrogen) atoms. The van der Waals surface area contributed by atoms with E-state index >= 15 is 0 Å². The van der Waals surface area contributed by atoms with Crippen molar-refractivity contribution in [3.05, 3.63) is 12.7 Å². The molecule has 0 aliphatic carbocycles. The van der Waals surface area contributed by atoms with Crippen LogP contribution in [0.1, 0.15) is 0 Å². The average Bonchev–Trinajstić information content (AvgIpc) is 1.62. The Kier molecular flexibility index (Phi) is 2.03. The lowest BCUT2D eigenvalue weighted by molar-refractivity contribution is -0.136. The molecule has 0 spiro atoms. The fourth-order valence-electron chi connectivity index (χ4n) is 0.134. The maximum Gasteiger partial charge on any atom is 0.407 e. The van der Waals surface area contributed by atoms with Crippen LogP contribution in [0.4, 0.5) is 13.2 Å². The van der Waals surface area contributed by atoms with E-state index in [-0.39, 0.29) is 0 Å². The summed E-state index contributed by atoms with van der Waals surface area (Å²) in [4.78, 5) is 0. The van der Waals surface area contributed by atoms with Gasteiger partial charge in [0.2, 0.25) is 0 Å². The Morgan fingerprint density at radius 1 is 1.50 bits per heavy atom. The van der Waals surface area contributed by atoms with Gasteiger partial charge in [-0.15, -0.1) is 6.58 Å². The molecule has 1 nitrogen and oxygen atoms in total. The third-order valence-corrected chi connectivity index (χ3v) is 0.632. The van der Waals surface area contributed by atoms with E-state index in [0.717, 1.165) is 0 Å². The van der Waals surface area contributed by atoms with Crippen molar-refractivity contribution < 1.29 is 13.2 Å². The Bertz CT molecular complexity index is 85.8. The standard InChI is InChI=1S/C4H6F3N/c1-2-3(8)4(5,6)7/h2-3H,1,8H2/t3-/m0/s1. The van der Waals surface area contributed by atoms with Gasteiger partial charge in [0.1, 0.15) is 6.04 Å². The molecule has 0 heterocycles. The van der Waals surface area contributed by atoms with Crippen molar-refractivity contribution in [3.63, 3.8) is 0 Å². The van der Waals surface area contributed by atoms with Crippen molar-refractivity contribution in [2.75, 3.05) is 0 Å². The lowest BCUT2D eigenvalue weighted by atomic mass is 10.3. The molecule has 0 aromatic carbocycles. The van der Waals surface area contributed by atoms with Gasteiger partial charge in [-0.25, -0.2) is 0 Å². The van der Waals surface area contributed by atoms with Gasteiger partial charge in [0, 0.05) is 0 Å². The van der Waals surface area contributed by atoms with E-state index in [4.69, 9.17) is 0 Å². The normalized spacial score (nSPS) is 15.5. The highest BCUT2D eigenvalue weighted by Gasteiger charge is 2.33. The minimum atomic E-state index is -4.33. The molecule has 0 aliphatic rings. The van der Waals surface area contributed by atoms with Crippen molar-refractivity contribution in [2.45, 2.75) is 12.2 Å². The summed E-state index contributed by atoms with van der Waals surface area (Å²) in [6.07, 6.45) is -3.68. The molecule has 4 heteroatoms. The number of nitrogens with two attached hydrogens (primary N) is 1. The first-order valence-corrected chi connectivity index (χ1v) is 1.93. The summed E-state index contributed by atoms with van der Waals surface area (Å²) in [5.74, 6) is 0. The highest BCUT2D eigenvalue weighted by Crippen LogP contribution is 2.18. The molecule has 48 valence electrons. The first-order chi connectivity index (χ1) is 3.48. The molecule has 0 radical (unpaired) electrons. The summed E-state index contributed by atoms with van der Waals surface area (Å²) < 4.78 is 33.8.